The van der Waals surface area contributed by atoms with E-state index in [1.54, 1.807) is 0 Å². The molecule has 2 nitrogen and oxygen atoms in total. The Hall–Kier alpha value is -1.26. The zero-order valence-corrected chi connectivity index (χ0v) is 8.00. The lowest BCUT2D eigenvalue weighted by atomic mass is 9.94. The molecule has 15 heavy (non-hydrogen) atoms. The van der Waals surface area contributed by atoms with Crippen molar-refractivity contribution in [3.05, 3.63) is 48.1 Å². The zero-order chi connectivity index (χ0) is 10.9. The van der Waals surface area contributed by atoms with Crippen molar-refractivity contribution in [2.24, 2.45) is 0 Å². The molecule has 1 atom stereocenters. The van der Waals surface area contributed by atoms with E-state index in [1.807, 2.05) is 0 Å². The lowest BCUT2D eigenvalue weighted by Crippen LogP contribution is -2.28. The monoisotopic (exact) mass is 212 g/mol. The molecule has 1 aromatic rings. The van der Waals surface area contributed by atoms with Crippen LogP contribution in [-0.2, 0) is 15.1 Å². The van der Waals surface area contributed by atoms with E-state index >= 15 is 0 Å². The molecule has 0 saturated carbocycles. The molecule has 1 aromatic carbocycles. The average molecular weight is 212 g/mol. The number of halogens is 2. The normalized spacial score (nSPS) is 25.5. The van der Waals surface area contributed by atoms with Crippen LogP contribution in [0.15, 0.2) is 30.9 Å². The van der Waals surface area contributed by atoms with E-state index in [2.05, 4.69) is 6.58 Å². The van der Waals surface area contributed by atoms with Gasteiger partial charge in [-0.2, -0.15) is 0 Å². The molecule has 2 rings (SSSR count). The lowest BCUT2D eigenvalue weighted by Gasteiger charge is -2.23. The van der Waals surface area contributed by atoms with Crippen LogP contribution in [0.2, 0.25) is 0 Å². The quantitative estimate of drug-likeness (QED) is 0.700. The highest BCUT2D eigenvalue weighted by Gasteiger charge is 2.39. The number of hydrogen-bond donors (Lipinski definition) is 0. The topological polar surface area (TPSA) is 18.5 Å². The summed E-state index contributed by atoms with van der Waals surface area (Å²) in [5.74, 6) is -1.30. The summed E-state index contributed by atoms with van der Waals surface area (Å²) in [5.41, 5.74) is -1.34. The summed E-state index contributed by atoms with van der Waals surface area (Å²) in [7, 11) is 0. The fourth-order valence-electron chi connectivity index (χ4n) is 1.65. The Bertz CT molecular complexity index is 364. The summed E-state index contributed by atoms with van der Waals surface area (Å²) in [4.78, 5) is 0. The Balaban J connectivity index is 2.55. The fraction of sp³-hybridized carbons (Fsp3) is 0.273. The third-order valence-electron chi connectivity index (χ3n) is 2.43. The first-order chi connectivity index (χ1) is 7.19. The van der Waals surface area contributed by atoms with Crippen molar-refractivity contribution >= 4 is 0 Å². The fourth-order valence-corrected chi connectivity index (χ4v) is 1.65. The van der Waals surface area contributed by atoms with Gasteiger partial charge in [0, 0.05) is 0 Å². The maximum absolute atomic E-state index is 13.5. The molecule has 80 valence electrons. The van der Waals surface area contributed by atoms with E-state index in [4.69, 9.17) is 9.47 Å². The van der Waals surface area contributed by atoms with Gasteiger partial charge < -0.3 is 9.47 Å². The van der Waals surface area contributed by atoms with Gasteiger partial charge in [-0.15, -0.1) is 0 Å². The molecule has 0 aromatic heterocycles. The van der Waals surface area contributed by atoms with E-state index in [1.165, 1.54) is 24.3 Å². The smallest absolute Gasteiger partial charge is 0.148 e. The molecule has 0 bridgehead atoms. The molecular formula is C11H10F2O2. The summed E-state index contributed by atoms with van der Waals surface area (Å²) < 4.78 is 37.2. The van der Waals surface area contributed by atoms with Gasteiger partial charge in [0.15, 0.2) is 0 Å². The van der Waals surface area contributed by atoms with Crippen LogP contribution in [-0.4, -0.2) is 13.4 Å². The molecular weight excluding hydrogens is 202 g/mol. The highest BCUT2D eigenvalue weighted by Crippen LogP contribution is 2.35. The van der Waals surface area contributed by atoms with Crippen molar-refractivity contribution < 1.29 is 18.3 Å². The molecule has 1 fully saturated rings. The number of hydrogen-bond acceptors (Lipinski definition) is 2. The summed E-state index contributed by atoms with van der Waals surface area (Å²) in [6.07, 6.45) is 1.36. The second-order valence-corrected chi connectivity index (χ2v) is 3.30. The molecule has 4 heteroatoms. The highest BCUT2D eigenvalue weighted by atomic mass is 19.1. The first-order valence-corrected chi connectivity index (χ1v) is 4.49. The van der Waals surface area contributed by atoms with Gasteiger partial charge in [-0.05, 0) is 12.1 Å². The van der Waals surface area contributed by atoms with Crippen molar-refractivity contribution in [3.8, 4) is 0 Å². The minimum atomic E-state index is -1.20. The van der Waals surface area contributed by atoms with Crippen LogP contribution in [0.1, 0.15) is 5.56 Å². The van der Waals surface area contributed by atoms with Gasteiger partial charge in [-0.1, -0.05) is 18.7 Å². The van der Waals surface area contributed by atoms with Gasteiger partial charge >= 0.3 is 0 Å². The van der Waals surface area contributed by atoms with Crippen LogP contribution >= 0.6 is 0 Å². The van der Waals surface area contributed by atoms with Crippen molar-refractivity contribution in [1.29, 1.82) is 0 Å². The highest BCUT2D eigenvalue weighted by molar-refractivity contribution is 5.31. The van der Waals surface area contributed by atoms with Crippen molar-refractivity contribution in [2.75, 3.05) is 13.4 Å². The molecule has 1 saturated heterocycles. The maximum atomic E-state index is 13.5. The second-order valence-electron chi connectivity index (χ2n) is 3.30. The summed E-state index contributed by atoms with van der Waals surface area (Å²) in [6.45, 7) is 3.63. The Morgan fingerprint density at radius 2 is 2.00 bits per heavy atom. The Kier molecular flexibility index (Phi) is 2.54. The van der Waals surface area contributed by atoms with E-state index in [9.17, 15) is 8.78 Å². The molecule has 0 spiro atoms. The summed E-state index contributed by atoms with van der Waals surface area (Å²) in [5, 5.41) is 0. The van der Waals surface area contributed by atoms with Gasteiger partial charge in [0.05, 0.1) is 12.2 Å². The lowest BCUT2D eigenvalue weighted by molar-refractivity contribution is 0.0122. The molecule has 1 aliphatic heterocycles. The van der Waals surface area contributed by atoms with Crippen LogP contribution in [0, 0.1) is 11.6 Å². The third kappa shape index (κ3) is 1.56. The Morgan fingerprint density at radius 1 is 1.33 bits per heavy atom. The van der Waals surface area contributed by atoms with E-state index in [0.717, 1.165) is 0 Å². The second kappa shape index (κ2) is 3.72. The van der Waals surface area contributed by atoms with Gasteiger partial charge in [-0.25, -0.2) is 8.78 Å². The molecule has 0 amide bonds. The molecule has 0 unspecified atom stereocenters. The first-order valence-electron chi connectivity index (χ1n) is 4.49. The molecule has 1 heterocycles. The van der Waals surface area contributed by atoms with Gasteiger partial charge in [0.2, 0.25) is 0 Å². The third-order valence-corrected chi connectivity index (χ3v) is 2.43. The summed E-state index contributed by atoms with van der Waals surface area (Å²) in [6, 6.07) is 3.68. The molecule has 0 radical (unpaired) electrons. The number of benzene rings is 1. The number of ether oxygens (including phenoxy) is 2. The zero-order valence-electron chi connectivity index (χ0n) is 8.00. The predicted octanol–water partition coefficient (Wildman–Crippen LogP) is 2.35. The average Bonchev–Trinajstić information content (AvgIpc) is 2.67. The van der Waals surface area contributed by atoms with Crippen LogP contribution in [0.25, 0.3) is 0 Å². The number of rotatable bonds is 2. The maximum Gasteiger partial charge on any atom is 0.148 e. The Morgan fingerprint density at radius 3 is 2.47 bits per heavy atom. The van der Waals surface area contributed by atoms with Crippen LogP contribution < -0.4 is 0 Å². The van der Waals surface area contributed by atoms with Crippen molar-refractivity contribution in [3.63, 3.8) is 0 Å². The minimum absolute atomic E-state index is 0.0137. The molecule has 1 aliphatic rings. The Labute approximate surface area is 86.1 Å². The summed E-state index contributed by atoms with van der Waals surface area (Å²) >= 11 is 0. The largest absolute Gasteiger partial charge is 0.352 e. The predicted molar refractivity (Wildman–Crippen MR) is 50.1 cm³/mol. The molecule has 0 aliphatic carbocycles. The van der Waals surface area contributed by atoms with Crippen molar-refractivity contribution in [2.45, 2.75) is 5.60 Å². The van der Waals surface area contributed by atoms with Crippen LogP contribution in [0.3, 0.4) is 0 Å². The first kappa shape index (κ1) is 10.3. The van der Waals surface area contributed by atoms with E-state index in [-0.39, 0.29) is 19.0 Å². The van der Waals surface area contributed by atoms with E-state index < -0.39 is 17.2 Å². The minimum Gasteiger partial charge on any atom is -0.352 e. The van der Waals surface area contributed by atoms with Crippen LogP contribution in [0.5, 0.6) is 0 Å². The van der Waals surface area contributed by atoms with Crippen LogP contribution in [0.4, 0.5) is 8.78 Å². The SMILES string of the molecule is C=C[C@@]1(c2c(F)cccc2F)COCO1. The van der Waals surface area contributed by atoms with E-state index in [0.29, 0.717) is 0 Å². The van der Waals surface area contributed by atoms with Crippen molar-refractivity contribution in [1.82, 2.24) is 0 Å². The van der Waals surface area contributed by atoms with Gasteiger partial charge in [0.25, 0.3) is 0 Å². The standard InChI is InChI=1S/C11H10F2O2/c1-2-11(6-14-7-15-11)10-8(12)4-3-5-9(10)13/h2-5H,1,6-7H2/t11-/m0/s1. The van der Waals surface area contributed by atoms with Gasteiger partial charge in [0.1, 0.15) is 24.0 Å². The molecule has 0 N–H and O–H groups in total. The van der Waals surface area contributed by atoms with Gasteiger partial charge in [-0.3, -0.25) is 0 Å².